The summed E-state index contributed by atoms with van der Waals surface area (Å²) in [6.45, 7) is 2.53. The normalized spacial score (nSPS) is 13.6. The zero-order valence-corrected chi connectivity index (χ0v) is 14.0. The van der Waals surface area contributed by atoms with Crippen LogP contribution >= 0.6 is 11.8 Å². The maximum absolute atomic E-state index is 12.0. The summed E-state index contributed by atoms with van der Waals surface area (Å²) in [6.07, 6.45) is 3.67. The Morgan fingerprint density at radius 3 is 2.50 bits per heavy atom. The summed E-state index contributed by atoms with van der Waals surface area (Å²) < 4.78 is 11.3. The molecular formula is C14H22N2O2S2. The lowest BCUT2D eigenvalue weighted by Crippen LogP contribution is -2.42. The Morgan fingerprint density at radius 2 is 2.00 bits per heavy atom. The van der Waals surface area contributed by atoms with Crippen molar-refractivity contribution in [3.05, 3.63) is 29.8 Å². The van der Waals surface area contributed by atoms with Crippen molar-refractivity contribution in [2.75, 3.05) is 25.3 Å². The highest BCUT2D eigenvalue weighted by Gasteiger charge is 2.12. The van der Waals surface area contributed by atoms with Crippen LogP contribution in [0.3, 0.4) is 0 Å². The van der Waals surface area contributed by atoms with Crippen LogP contribution in [0.15, 0.2) is 29.2 Å². The molecule has 6 heteroatoms. The van der Waals surface area contributed by atoms with Crippen LogP contribution in [0, 0.1) is 0 Å². The van der Waals surface area contributed by atoms with Crippen molar-refractivity contribution in [3.8, 4) is 0 Å². The van der Waals surface area contributed by atoms with Crippen LogP contribution in [0.4, 0.5) is 4.79 Å². The first-order valence-electron chi connectivity index (χ1n) is 6.37. The summed E-state index contributed by atoms with van der Waals surface area (Å²) in [5.41, 5.74) is 1.02. The van der Waals surface area contributed by atoms with Crippen molar-refractivity contribution >= 4 is 28.6 Å². The molecule has 1 N–H and O–H groups in total. The van der Waals surface area contributed by atoms with Gasteiger partial charge in [0.15, 0.2) is 0 Å². The van der Waals surface area contributed by atoms with Gasteiger partial charge in [0.1, 0.15) is 0 Å². The predicted octanol–water partition coefficient (Wildman–Crippen LogP) is 2.32. The molecule has 0 aliphatic heterocycles. The Labute approximate surface area is 127 Å². The zero-order chi connectivity index (χ0) is 15.1. The number of carbonyl (C=O) groups excluding carboxylic acids is 1. The molecule has 112 valence electrons. The fourth-order valence-corrected chi connectivity index (χ4v) is 2.85. The second kappa shape index (κ2) is 8.32. The van der Waals surface area contributed by atoms with E-state index in [4.69, 9.17) is 0 Å². The molecule has 2 unspecified atom stereocenters. The lowest BCUT2D eigenvalue weighted by molar-refractivity contribution is 0.204. The quantitative estimate of drug-likeness (QED) is 0.876. The summed E-state index contributed by atoms with van der Waals surface area (Å²) >= 11 is 1.71. The molecule has 4 nitrogen and oxygen atoms in total. The highest BCUT2D eigenvalue weighted by molar-refractivity contribution is 7.98. The number of benzene rings is 1. The monoisotopic (exact) mass is 314 g/mol. The third-order valence-corrected chi connectivity index (χ3v) is 4.58. The van der Waals surface area contributed by atoms with E-state index in [0.717, 1.165) is 16.2 Å². The van der Waals surface area contributed by atoms with Gasteiger partial charge in [-0.05, 0) is 30.9 Å². The number of nitrogens with zero attached hydrogens (tertiary/aromatic N) is 1. The van der Waals surface area contributed by atoms with E-state index >= 15 is 0 Å². The molecule has 2 atom stereocenters. The molecular weight excluding hydrogens is 292 g/mol. The Hall–Kier alpha value is -1.01. The number of amides is 2. The summed E-state index contributed by atoms with van der Waals surface area (Å²) in [5, 5.41) is 2.95. The number of hydrogen-bond acceptors (Lipinski definition) is 3. The van der Waals surface area contributed by atoms with Crippen LogP contribution in [-0.4, -0.2) is 46.5 Å². The molecule has 2 amide bonds. The highest BCUT2D eigenvalue weighted by atomic mass is 32.2. The third kappa shape index (κ3) is 5.54. The van der Waals surface area contributed by atoms with E-state index in [2.05, 4.69) is 5.32 Å². The lowest BCUT2D eigenvalue weighted by atomic mass is 10.2. The highest BCUT2D eigenvalue weighted by Crippen LogP contribution is 2.09. The van der Waals surface area contributed by atoms with E-state index < -0.39 is 10.8 Å². The van der Waals surface area contributed by atoms with Crippen LogP contribution in [0.25, 0.3) is 0 Å². The van der Waals surface area contributed by atoms with Gasteiger partial charge < -0.3 is 10.2 Å². The first kappa shape index (κ1) is 17.0. The molecule has 0 aromatic heterocycles. The maximum Gasteiger partial charge on any atom is 0.317 e. The van der Waals surface area contributed by atoms with Gasteiger partial charge in [-0.3, -0.25) is 4.21 Å². The summed E-state index contributed by atoms with van der Waals surface area (Å²) in [5.74, 6) is 0.899. The number of carbonyl (C=O) groups is 1. The minimum Gasteiger partial charge on any atom is -0.335 e. The summed E-state index contributed by atoms with van der Waals surface area (Å²) in [7, 11) is 0.807. The molecule has 1 aromatic rings. The molecule has 0 aliphatic rings. The van der Waals surface area contributed by atoms with Crippen molar-refractivity contribution in [3.63, 3.8) is 0 Å². The minimum atomic E-state index is -0.964. The first-order chi connectivity index (χ1) is 9.43. The second-order valence-corrected chi connectivity index (χ2v) is 7.05. The molecule has 0 fully saturated rings. The van der Waals surface area contributed by atoms with E-state index in [-0.39, 0.29) is 12.1 Å². The minimum absolute atomic E-state index is 0.0744. The topological polar surface area (TPSA) is 49.4 Å². The SMILES string of the molecule is CSCC(C)NC(=O)N(C)Cc1ccc(S(C)=O)cc1. The fraction of sp³-hybridized carbons (Fsp3) is 0.500. The van der Waals surface area contributed by atoms with Gasteiger partial charge in [0.05, 0.1) is 0 Å². The summed E-state index contributed by atoms with van der Waals surface area (Å²) in [6, 6.07) is 7.58. The van der Waals surface area contributed by atoms with Gasteiger partial charge in [0.2, 0.25) is 0 Å². The summed E-state index contributed by atoms with van der Waals surface area (Å²) in [4.78, 5) is 14.4. The molecule has 0 radical (unpaired) electrons. The average molecular weight is 314 g/mol. The number of rotatable bonds is 6. The fourth-order valence-electron chi connectivity index (χ4n) is 1.74. The Bertz CT molecular complexity index is 463. The van der Waals surface area contributed by atoms with Crippen molar-refractivity contribution in [1.29, 1.82) is 0 Å². The standard InChI is InChI=1S/C14H22N2O2S2/c1-11(10-19-3)15-14(17)16(2)9-12-5-7-13(8-6-12)20(4)18/h5-8,11H,9-10H2,1-4H3,(H,15,17). The van der Waals surface area contributed by atoms with Crippen LogP contribution in [0.2, 0.25) is 0 Å². The molecule has 0 saturated carbocycles. The Morgan fingerprint density at radius 1 is 1.40 bits per heavy atom. The molecule has 0 spiro atoms. The second-order valence-electron chi connectivity index (χ2n) is 4.76. The molecule has 0 heterocycles. The van der Waals surface area contributed by atoms with Gasteiger partial charge in [-0.1, -0.05) is 12.1 Å². The number of nitrogens with one attached hydrogen (secondary N) is 1. The van der Waals surface area contributed by atoms with Gasteiger partial charge in [0.25, 0.3) is 0 Å². The van der Waals surface area contributed by atoms with E-state index in [1.807, 2.05) is 37.4 Å². The molecule has 1 rings (SSSR count). The largest absolute Gasteiger partial charge is 0.335 e. The van der Waals surface area contributed by atoms with Crippen LogP contribution < -0.4 is 5.32 Å². The third-order valence-electron chi connectivity index (χ3n) is 2.81. The Kier molecular flexibility index (Phi) is 7.09. The molecule has 0 aliphatic carbocycles. The predicted molar refractivity (Wildman–Crippen MR) is 86.6 cm³/mol. The van der Waals surface area contributed by atoms with Gasteiger partial charge in [-0.25, -0.2) is 4.79 Å². The molecule has 0 bridgehead atoms. The maximum atomic E-state index is 12.0. The van der Waals surface area contributed by atoms with Gasteiger partial charge in [0, 0.05) is 47.3 Å². The number of urea groups is 1. The van der Waals surface area contributed by atoms with Crippen LogP contribution in [-0.2, 0) is 17.3 Å². The van der Waals surface area contributed by atoms with Crippen molar-refractivity contribution in [2.45, 2.75) is 24.4 Å². The van der Waals surface area contributed by atoms with Gasteiger partial charge in [-0.2, -0.15) is 11.8 Å². The van der Waals surface area contributed by atoms with E-state index in [1.54, 1.807) is 30.0 Å². The first-order valence-corrected chi connectivity index (χ1v) is 9.32. The molecule has 20 heavy (non-hydrogen) atoms. The van der Waals surface area contributed by atoms with Crippen molar-refractivity contribution in [2.24, 2.45) is 0 Å². The van der Waals surface area contributed by atoms with E-state index in [9.17, 15) is 9.00 Å². The Balaban J connectivity index is 2.54. The van der Waals surface area contributed by atoms with Crippen molar-refractivity contribution in [1.82, 2.24) is 10.2 Å². The van der Waals surface area contributed by atoms with E-state index in [0.29, 0.717) is 6.54 Å². The van der Waals surface area contributed by atoms with Crippen LogP contribution in [0.1, 0.15) is 12.5 Å². The van der Waals surface area contributed by atoms with Crippen molar-refractivity contribution < 1.29 is 9.00 Å². The average Bonchev–Trinajstić information content (AvgIpc) is 2.39. The van der Waals surface area contributed by atoms with Gasteiger partial charge in [-0.15, -0.1) is 0 Å². The lowest BCUT2D eigenvalue weighted by Gasteiger charge is -2.21. The molecule has 0 saturated heterocycles. The van der Waals surface area contributed by atoms with E-state index in [1.165, 1.54) is 0 Å². The smallest absolute Gasteiger partial charge is 0.317 e. The van der Waals surface area contributed by atoms with Crippen LogP contribution in [0.5, 0.6) is 0 Å². The number of thioether (sulfide) groups is 1. The van der Waals surface area contributed by atoms with Gasteiger partial charge >= 0.3 is 6.03 Å². The zero-order valence-electron chi connectivity index (χ0n) is 12.4. The number of hydrogen-bond donors (Lipinski definition) is 1. The molecule has 1 aromatic carbocycles.